The maximum atomic E-state index is 11.3. The molecule has 6 nitrogen and oxygen atoms in total. The second-order valence-corrected chi connectivity index (χ2v) is 10.1. The Morgan fingerprint density at radius 1 is 1.12 bits per heavy atom. The Labute approximate surface area is 208 Å². The molecule has 2 aromatic heterocycles. The molecular formula is C26H30N4O2S2. The van der Waals surface area contributed by atoms with E-state index in [1.54, 1.807) is 11.9 Å². The molecule has 0 unspecified atom stereocenters. The molecule has 1 aliphatic heterocycles. The van der Waals surface area contributed by atoms with Gasteiger partial charge in [0, 0.05) is 40.5 Å². The van der Waals surface area contributed by atoms with E-state index in [0.717, 1.165) is 58.8 Å². The molecule has 1 fully saturated rings. The quantitative estimate of drug-likeness (QED) is 0.323. The zero-order chi connectivity index (χ0) is 23.9. The molecule has 1 aliphatic rings. The highest BCUT2D eigenvalue weighted by atomic mass is 32.2. The summed E-state index contributed by atoms with van der Waals surface area (Å²) < 4.78 is 8.46. The van der Waals surface area contributed by atoms with Crippen LogP contribution < -0.4 is 9.61 Å². The molecule has 0 saturated carbocycles. The van der Waals surface area contributed by atoms with Crippen LogP contribution in [0.2, 0.25) is 0 Å². The first-order valence-corrected chi connectivity index (χ1v) is 13.3. The normalized spacial score (nSPS) is 14.6. The average Bonchev–Trinajstić information content (AvgIpc) is 3.31. The molecule has 8 heteroatoms. The molecule has 2 aromatic carbocycles. The molecule has 4 aromatic rings. The number of rotatable bonds is 6. The zero-order valence-electron chi connectivity index (χ0n) is 19.8. The van der Waals surface area contributed by atoms with Crippen LogP contribution in [0.3, 0.4) is 0 Å². The lowest BCUT2D eigenvalue weighted by atomic mass is 9.99. The summed E-state index contributed by atoms with van der Waals surface area (Å²) in [6.45, 7) is 8.50. The Morgan fingerprint density at radius 2 is 1.85 bits per heavy atom. The number of para-hydroxylation sites is 1. The maximum absolute atomic E-state index is 11.3. The molecule has 0 amide bonds. The highest BCUT2D eigenvalue weighted by Gasteiger charge is 2.23. The van der Waals surface area contributed by atoms with E-state index in [9.17, 15) is 4.79 Å². The van der Waals surface area contributed by atoms with Crippen LogP contribution in [0.1, 0.15) is 48.9 Å². The molecule has 5 rings (SSSR count). The fourth-order valence-corrected chi connectivity index (χ4v) is 5.76. The summed E-state index contributed by atoms with van der Waals surface area (Å²) >= 11 is 3.02. The van der Waals surface area contributed by atoms with Gasteiger partial charge in [-0.15, -0.1) is 0 Å². The van der Waals surface area contributed by atoms with E-state index in [0.29, 0.717) is 12.5 Å². The SMILES string of the molecule is CC.Cc1cc(COc2ccc(SN3CCC(c4n[nH]c(=O)s4)CC3)cc2)c2ccccc2n1. The van der Waals surface area contributed by atoms with E-state index in [1.165, 1.54) is 16.2 Å². The van der Waals surface area contributed by atoms with Gasteiger partial charge in [0.15, 0.2) is 0 Å². The van der Waals surface area contributed by atoms with Gasteiger partial charge in [-0.1, -0.05) is 43.4 Å². The van der Waals surface area contributed by atoms with Crippen molar-refractivity contribution in [1.29, 1.82) is 0 Å². The average molecular weight is 495 g/mol. The molecule has 1 N–H and O–H groups in total. The summed E-state index contributed by atoms with van der Waals surface area (Å²) in [5.41, 5.74) is 3.15. The van der Waals surface area contributed by atoms with Gasteiger partial charge in [0.05, 0.1) is 5.52 Å². The van der Waals surface area contributed by atoms with Crippen molar-refractivity contribution in [1.82, 2.24) is 19.5 Å². The second kappa shape index (κ2) is 11.6. The number of aromatic nitrogens is 3. The predicted molar refractivity (Wildman–Crippen MR) is 141 cm³/mol. The van der Waals surface area contributed by atoms with Crippen molar-refractivity contribution in [2.75, 3.05) is 13.1 Å². The number of nitrogens with zero attached hydrogens (tertiary/aromatic N) is 3. The summed E-state index contributed by atoms with van der Waals surface area (Å²) in [5.74, 6) is 1.25. The maximum Gasteiger partial charge on any atom is 0.322 e. The number of aromatic amines is 1. The van der Waals surface area contributed by atoms with Gasteiger partial charge in [0.2, 0.25) is 0 Å². The minimum absolute atomic E-state index is 0.0636. The van der Waals surface area contributed by atoms with Crippen LogP contribution in [0.4, 0.5) is 0 Å². The van der Waals surface area contributed by atoms with Crippen LogP contribution in [0.5, 0.6) is 5.75 Å². The third kappa shape index (κ3) is 6.05. The van der Waals surface area contributed by atoms with E-state index in [2.05, 4.69) is 43.8 Å². The second-order valence-electron chi connectivity index (χ2n) is 7.95. The van der Waals surface area contributed by atoms with Crippen LogP contribution in [-0.4, -0.2) is 32.6 Å². The third-order valence-electron chi connectivity index (χ3n) is 5.64. The number of pyridine rings is 1. The number of nitrogens with one attached hydrogen (secondary N) is 1. The first-order valence-electron chi connectivity index (χ1n) is 11.7. The van der Waals surface area contributed by atoms with Crippen molar-refractivity contribution < 1.29 is 4.74 Å². The Bertz CT molecular complexity index is 1260. The molecule has 0 aliphatic carbocycles. The highest BCUT2D eigenvalue weighted by Crippen LogP contribution is 2.33. The van der Waals surface area contributed by atoms with Gasteiger partial charge in [0.25, 0.3) is 0 Å². The van der Waals surface area contributed by atoms with Gasteiger partial charge in [-0.25, -0.2) is 9.40 Å². The zero-order valence-corrected chi connectivity index (χ0v) is 21.4. The predicted octanol–water partition coefficient (Wildman–Crippen LogP) is 6.18. The molecule has 0 radical (unpaired) electrons. The van der Waals surface area contributed by atoms with E-state index >= 15 is 0 Å². The number of H-pyrrole nitrogens is 1. The van der Waals surface area contributed by atoms with Crippen molar-refractivity contribution in [3.63, 3.8) is 0 Å². The van der Waals surface area contributed by atoms with Gasteiger partial charge in [-0.05, 0) is 68.1 Å². The summed E-state index contributed by atoms with van der Waals surface area (Å²) in [6, 6.07) is 18.6. The van der Waals surface area contributed by atoms with E-state index in [4.69, 9.17) is 4.74 Å². The number of hydrogen-bond acceptors (Lipinski definition) is 7. The van der Waals surface area contributed by atoms with Crippen LogP contribution in [0, 0.1) is 6.92 Å². The Morgan fingerprint density at radius 3 is 2.56 bits per heavy atom. The minimum atomic E-state index is -0.0636. The molecule has 0 atom stereocenters. The van der Waals surface area contributed by atoms with Gasteiger partial charge in [-0.3, -0.25) is 9.78 Å². The molecular weight excluding hydrogens is 464 g/mol. The van der Waals surface area contributed by atoms with Gasteiger partial charge >= 0.3 is 4.87 Å². The van der Waals surface area contributed by atoms with Crippen molar-refractivity contribution in [3.05, 3.63) is 80.5 Å². The first-order chi connectivity index (χ1) is 16.6. The Kier molecular flexibility index (Phi) is 8.37. The van der Waals surface area contributed by atoms with Crippen molar-refractivity contribution in [2.45, 2.75) is 51.0 Å². The largest absolute Gasteiger partial charge is 0.489 e. The Balaban J connectivity index is 0.00000133. The number of piperidine rings is 1. The number of fused-ring (bicyclic) bond motifs is 1. The Hall–Kier alpha value is -2.68. The highest BCUT2D eigenvalue weighted by molar-refractivity contribution is 7.97. The van der Waals surface area contributed by atoms with Crippen LogP contribution in [0.25, 0.3) is 10.9 Å². The van der Waals surface area contributed by atoms with Crippen molar-refractivity contribution >= 4 is 34.2 Å². The summed E-state index contributed by atoms with van der Waals surface area (Å²) in [5, 5.41) is 8.77. The van der Waals surface area contributed by atoms with E-state index in [-0.39, 0.29) is 4.87 Å². The summed E-state index contributed by atoms with van der Waals surface area (Å²) in [6.07, 6.45) is 2.04. The third-order valence-corrected chi connectivity index (χ3v) is 7.66. The molecule has 178 valence electrons. The van der Waals surface area contributed by atoms with E-state index < -0.39 is 0 Å². The number of aryl methyl sites for hydroxylation is 1. The molecule has 1 saturated heterocycles. The minimum Gasteiger partial charge on any atom is -0.489 e. The van der Waals surface area contributed by atoms with Gasteiger partial charge in [0.1, 0.15) is 17.4 Å². The van der Waals surface area contributed by atoms with Crippen molar-refractivity contribution in [2.24, 2.45) is 0 Å². The first kappa shape index (κ1) is 24.4. The van der Waals surface area contributed by atoms with Gasteiger partial charge < -0.3 is 4.74 Å². The fourth-order valence-electron chi connectivity index (χ4n) is 4.03. The lowest BCUT2D eigenvalue weighted by Crippen LogP contribution is -2.27. The molecule has 34 heavy (non-hydrogen) atoms. The topological polar surface area (TPSA) is 71.1 Å². The lowest BCUT2D eigenvalue weighted by Gasteiger charge is -2.29. The van der Waals surface area contributed by atoms with Crippen molar-refractivity contribution in [3.8, 4) is 5.75 Å². The smallest absolute Gasteiger partial charge is 0.322 e. The fraction of sp³-hybridized carbons (Fsp3) is 0.346. The van der Waals surface area contributed by atoms with Crippen LogP contribution >= 0.6 is 23.3 Å². The van der Waals surface area contributed by atoms with Crippen LogP contribution in [-0.2, 0) is 6.61 Å². The molecule has 3 heterocycles. The number of benzene rings is 2. The summed E-state index contributed by atoms with van der Waals surface area (Å²) in [7, 11) is 0. The molecule has 0 spiro atoms. The lowest BCUT2D eigenvalue weighted by molar-refractivity contribution is 0.307. The standard InChI is InChI=1S/C24H24N4O2S2.C2H6/c1-16-14-18(21-4-2-3-5-22(21)25-16)15-30-19-6-8-20(9-7-19)32-28-12-10-17(11-13-28)23-26-27-24(29)31-23;1-2/h2-9,14,17H,10-13,15H2,1H3,(H,27,29);1-2H3. The number of ether oxygens (including phenoxy) is 1. The summed E-state index contributed by atoms with van der Waals surface area (Å²) in [4.78, 5) is 17.1. The monoisotopic (exact) mass is 494 g/mol. The van der Waals surface area contributed by atoms with E-state index in [1.807, 2.05) is 51.1 Å². The molecule has 0 bridgehead atoms. The van der Waals surface area contributed by atoms with Gasteiger partial charge in [-0.2, -0.15) is 5.10 Å². The van der Waals surface area contributed by atoms with Crippen LogP contribution in [0.15, 0.2) is 64.3 Å². The number of hydrogen-bond donors (Lipinski definition) is 1.